The Hall–Kier alpha value is -1.81. The summed E-state index contributed by atoms with van der Waals surface area (Å²) in [6.45, 7) is 0. The number of aromatic nitrogens is 3. The van der Waals surface area contributed by atoms with Gasteiger partial charge in [-0.2, -0.15) is 0 Å². The maximum atomic E-state index is 4.09. The van der Waals surface area contributed by atoms with Gasteiger partial charge in [0.15, 0.2) is 5.16 Å². The molecule has 0 saturated heterocycles. The summed E-state index contributed by atoms with van der Waals surface area (Å²) in [5, 5.41) is 11.4. The first-order chi connectivity index (χ1) is 8.40. The van der Waals surface area contributed by atoms with E-state index in [0.29, 0.717) is 0 Å². The van der Waals surface area contributed by atoms with Gasteiger partial charge in [-0.05, 0) is 17.7 Å². The van der Waals surface area contributed by atoms with Gasteiger partial charge in [0.05, 0.1) is 5.69 Å². The van der Waals surface area contributed by atoms with Crippen LogP contribution in [0.25, 0.3) is 16.5 Å². The molecular formula is C13H11N3S. The van der Waals surface area contributed by atoms with Gasteiger partial charge >= 0.3 is 0 Å². The van der Waals surface area contributed by atoms with Gasteiger partial charge in [0.2, 0.25) is 0 Å². The first-order valence-electron chi connectivity index (χ1n) is 5.32. The first-order valence-corrected chi connectivity index (χ1v) is 6.55. The van der Waals surface area contributed by atoms with Crippen molar-refractivity contribution in [2.45, 2.75) is 5.16 Å². The highest BCUT2D eigenvalue weighted by molar-refractivity contribution is 7.98. The van der Waals surface area contributed by atoms with Crippen LogP contribution >= 0.6 is 11.8 Å². The molecule has 84 valence electrons. The zero-order valence-corrected chi connectivity index (χ0v) is 10.2. The van der Waals surface area contributed by atoms with Gasteiger partial charge in [-0.1, -0.05) is 48.2 Å². The Labute approximate surface area is 103 Å². The minimum absolute atomic E-state index is 0.904. The first kappa shape index (κ1) is 10.4. The van der Waals surface area contributed by atoms with E-state index in [1.807, 2.05) is 16.9 Å². The minimum Gasteiger partial charge on any atom is -0.276 e. The maximum absolute atomic E-state index is 4.09. The molecule has 1 heterocycles. The Kier molecular flexibility index (Phi) is 2.57. The lowest BCUT2D eigenvalue weighted by atomic mass is 10.1. The molecule has 0 spiro atoms. The molecule has 0 unspecified atom stereocenters. The summed E-state index contributed by atoms with van der Waals surface area (Å²) in [5.74, 6) is 0. The summed E-state index contributed by atoms with van der Waals surface area (Å²) in [6, 6.07) is 14.6. The molecule has 3 rings (SSSR count). The third-order valence-electron chi connectivity index (χ3n) is 2.73. The third kappa shape index (κ3) is 1.70. The predicted octanol–water partition coefficient (Wildman–Crippen LogP) is 3.14. The van der Waals surface area contributed by atoms with Crippen LogP contribution in [0.4, 0.5) is 0 Å². The highest BCUT2D eigenvalue weighted by Crippen LogP contribution is 2.24. The number of benzene rings is 2. The van der Waals surface area contributed by atoms with Crippen LogP contribution in [0.2, 0.25) is 0 Å². The second-order valence-electron chi connectivity index (χ2n) is 3.69. The fraction of sp³-hybridized carbons (Fsp3) is 0.0769. The van der Waals surface area contributed by atoms with Crippen molar-refractivity contribution in [2.75, 3.05) is 6.26 Å². The minimum atomic E-state index is 0.904. The fourth-order valence-corrected chi connectivity index (χ4v) is 2.42. The molecule has 3 nitrogen and oxygen atoms in total. The van der Waals surface area contributed by atoms with Gasteiger partial charge in [0, 0.05) is 5.39 Å². The number of rotatable bonds is 2. The van der Waals surface area contributed by atoms with E-state index in [1.165, 1.54) is 10.8 Å². The Bertz CT molecular complexity index is 655. The Morgan fingerprint density at radius 2 is 1.88 bits per heavy atom. The standard InChI is InChI=1S/C13H11N3S/c1-17-13-15-14-9-16(13)12-8-4-6-10-5-2-3-7-11(10)12/h2-9H,1H3. The molecule has 0 aliphatic rings. The largest absolute Gasteiger partial charge is 0.276 e. The lowest BCUT2D eigenvalue weighted by molar-refractivity contribution is 0.892. The third-order valence-corrected chi connectivity index (χ3v) is 3.37. The summed E-state index contributed by atoms with van der Waals surface area (Å²) >= 11 is 1.59. The molecule has 0 radical (unpaired) electrons. The molecule has 0 bridgehead atoms. The molecule has 1 aromatic heterocycles. The maximum Gasteiger partial charge on any atom is 0.195 e. The highest BCUT2D eigenvalue weighted by Gasteiger charge is 2.07. The quantitative estimate of drug-likeness (QED) is 0.646. The van der Waals surface area contributed by atoms with Gasteiger partial charge in [-0.15, -0.1) is 10.2 Å². The van der Waals surface area contributed by atoms with Gasteiger partial charge in [0.25, 0.3) is 0 Å². The van der Waals surface area contributed by atoms with E-state index in [1.54, 1.807) is 18.1 Å². The Balaban J connectivity index is 2.31. The molecule has 0 atom stereocenters. The van der Waals surface area contributed by atoms with Crippen LogP contribution in [-0.2, 0) is 0 Å². The van der Waals surface area contributed by atoms with Gasteiger partial charge in [-0.25, -0.2) is 0 Å². The van der Waals surface area contributed by atoms with Crippen LogP contribution in [0.3, 0.4) is 0 Å². The van der Waals surface area contributed by atoms with Crippen LogP contribution in [0.5, 0.6) is 0 Å². The van der Waals surface area contributed by atoms with Crippen LogP contribution < -0.4 is 0 Å². The number of nitrogens with zero attached hydrogens (tertiary/aromatic N) is 3. The van der Waals surface area contributed by atoms with Gasteiger partial charge < -0.3 is 0 Å². The van der Waals surface area contributed by atoms with Crippen molar-refractivity contribution < 1.29 is 0 Å². The Morgan fingerprint density at radius 1 is 1.06 bits per heavy atom. The van der Waals surface area contributed by atoms with Crippen LogP contribution in [-0.4, -0.2) is 21.0 Å². The predicted molar refractivity (Wildman–Crippen MR) is 70.6 cm³/mol. The molecule has 0 aliphatic heterocycles. The van der Waals surface area contributed by atoms with E-state index >= 15 is 0 Å². The average Bonchev–Trinajstić information content (AvgIpc) is 2.86. The monoisotopic (exact) mass is 241 g/mol. The molecule has 0 aliphatic carbocycles. The number of fused-ring (bicyclic) bond motifs is 1. The van der Waals surface area contributed by atoms with Crippen molar-refractivity contribution in [1.82, 2.24) is 14.8 Å². The lowest BCUT2D eigenvalue weighted by Gasteiger charge is -2.08. The second kappa shape index (κ2) is 4.22. The van der Waals surface area contributed by atoms with Crippen LogP contribution in [0.1, 0.15) is 0 Å². The molecule has 0 N–H and O–H groups in total. The molecule has 3 aromatic rings. The molecular weight excluding hydrogens is 230 g/mol. The van der Waals surface area contributed by atoms with Crippen molar-refractivity contribution in [1.29, 1.82) is 0 Å². The highest BCUT2D eigenvalue weighted by atomic mass is 32.2. The van der Waals surface area contributed by atoms with Crippen molar-refractivity contribution in [3.05, 3.63) is 48.8 Å². The van der Waals surface area contributed by atoms with Crippen molar-refractivity contribution in [3.63, 3.8) is 0 Å². The SMILES string of the molecule is CSc1nncn1-c1cccc2ccccc12. The number of hydrogen-bond donors (Lipinski definition) is 0. The van der Waals surface area contributed by atoms with Crippen molar-refractivity contribution >= 4 is 22.5 Å². The molecule has 17 heavy (non-hydrogen) atoms. The zero-order valence-electron chi connectivity index (χ0n) is 9.37. The topological polar surface area (TPSA) is 30.7 Å². The molecule has 0 amide bonds. The summed E-state index contributed by atoms with van der Waals surface area (Å²) in [5.41, 5.74) is 1.12. The van der Waals surface area contributed by atoms with E-state index in [9.17, 15) is 0 Å². The Morgan fingerprint density at radius 3 is 2.76 bits per heavy atom. The van der Waals surface area contributed by atoms with Crippen molar-refractivity contribution in [2.24, 2.45) is 0 Å². The van der Waals surface area contributed by atoms with Crippen molar-refractivity contribution in [3.8, 4) is 5.69 Å². The number of hydrogen-bond acceptors (Lipinski definition) is 3. The second-order valence-corrected chi connectivity index (χ2v) is 4.46. The smallest absolute Gasteiger partial charge is 0.195 e. The number of thioether (sulfide) groups is 1. The average molecular weight is 241 g/mol. The summed E-state index contributed by atoms with van der Waals surface area (Å²) in [4.78, 5) is 0. The van der Waals surface area contributed by atoms with Gasteiger partial charge in [0.1, 0.15) is 6.33 Å². The summed E-state index contributed by atoms with van der Waals surface area (Å²) in [7, 11) is 0. The molecule has 4 heteroatoms. The van der Waals surface area contributed by atoms with E-state index in [2.05, 4.69) is 46.6 Å². The molecule has 2 aromatic carbocycles. The van der Waals surface area contributed by atoms with Crippen LogP contribution in [0.15, 0.2) is 53.9 Å². The van der Waals surface area contributed by atoms with Crippen LogP contribution in [0, 0.1) is 0 Å². The normalized spacial score (nSPS) is 10.9. The summed E-state index contributed by atoms with van der Waals surface area (Å²) < 4.78 is 2.02. The fourth-order valence-electron chi connectivity index (χ4n) is 1.95. The van der Waals surface area contributed by atoms with Gasteiger partial charge in [-0.3, -0.25) is 4.57 Å². The van der Waals surface area contributed by atoms with E-state index in [-0.39, 0.29) is 0 Å². The molecule has 0 saturated carbocycles. The lowest BCUT2D eigenvalue weighted by Crippen LogP contribution is -1.95. The van der Waals surface area contributed by atoms with E-state index < -0.39 is 0 Å². The zero-order chi connectivity index (χ0) is 11.7. The van der Waals surface area contributed by atoms with E-state index in [0.717, 1.165) is 10.8 Å². The van der Waals surface area contributed by atoms with E-state index in [4.69, 9.17) is 0 Å². The summed E-state index contributed by atoms with van der Waals surface area (Å²) in [6.07, 6.45) is 3.76. The molecule has 0 fully saturated rings.